The number of thiazole rings is 1. The second-order valence-electron chi connectivity index (χ2n) is 6.79. The number of amides is 1. The number of thioether (sulfide) groups is 1. The molecule has 0 unspecified atom stereocenters. The molecule has 3 aromatic rings. The van der Waals surface area contributed by atoms with Crippen molar-refractivity contribution >= 4 is 39.7 Å². The smallest absolute Gasteiger partial charge is 0.259 e. The summed E-state index contributed by atoms with van der Waals surface area (Å²) in [6.45, 7) is 2.01. The number of nitrogens with zero attached hydrogens (tertiary/aromatic N) is 2. The minimum atomic E-state index is -0.0479. The molecule has 0 fully saturated rings. The van der Waals surface area contributed by atoms with Crippen molar-refractivity contribution in [3.63, 3.8) is 0 Å². The van der Waals surface area contributed by atoms with Crippen molar-refractivity contribution in [3.05, 3.63) is 62.5 Å². The lowest BCUT2D eigenvalue weighted by molar-refractivity contribution is -0.113. The van der Waals surface area contributed by atoms with Gasteiger partial charge in [0, 0.05) is 28.1 Å². The number of hydrogen-bond acceptors (Lipinski definition) is 5. The maximum atomic E-state index is 12.5. The Bertz CT molecular complexity index is 1040. The summed E-state index contributed by atoms with van der Waals surface area (Å²) in [5, 5.41) is 2.89. The third-order valence-corrected chi connectivity index (χ3v) is 6.74. The number of carbonyl (C=O) groups excluding carboxylic acids is 1. The van der Waals surface area contributed by atoms with Gasteiger partial charge in [-0.1, -0.05) is 17.7 Å². The van der Waals surface area contributed by atoms with E-state index in [1.807, 2.05) is 31.2 Å². The molecule has 2 aromatic heterocycles. The van der Waals surface area contributed by atoms with E-state index in [0.29, 0.717) is 11.5 Å². The summed E-state index contributed by atoms with van der Waals surface area (Å²) in [7, 11) is 0. The molecule has 27 heavy (non-hydrogen) atoms. The number of aromatic nitrogens is 2. The average molecular weight is 400 g/mol. The highest BCUT2D eigenvalue weighted by Gasteiger charge is 2.18. The van der Waals surface area contributed by atoms with Crippen molar-refractivity contribution in [1.29, 1.82) is 0 Å². The monoisotopic (exact) mass is 399 g/mol. The van der Waals surface area contributed by atoms with Gasteiger partial charge in [0.2, 0.25) is 5.91 Å². The van der Waals surface area contributed by atoms with Crippen molar-refractivity contribution in [2.45, 2.75) is 38.4 Å². The van der Waals surface area contributed by atoms with Crippen LogP contribution in [0.5, 0.6) is 0 Å². The van der Waals surface area contributed by atoms with Gasteiger partial charge in [0.1, 0.15) is 0 Å². The fourth-order valence-corrected chi connectivity index (χ4v) is 5.25. The molecule has 4 rings (SSSR count). The molecular weight excluding hydrogens is 378 g/mol. The highest BCUT2D eigenvalue weighted by atomic mass is 32.2. The Morgan fingerprint density at radius 2 is 2.04 bits per heavy atom. The molecule has 0 radical (unpaired) electrons. The van der Waals surface area contributed by atoms with Crippen molar-refractivity contribution in [2.75, 3.05) is 11.1 Å². The van der Waals surface area contributed by atoms with Crippen LogP contribution < -0.4 is 10.9 Å². The molecule has 0 atom stereocenters. The Labute approximate surface area is 165 Å². The molecule has 0 spiro atoms. The molecule has 1 amide bonds. The van der Waals surface area contributed by atoms with Gasteiger partial charge in [0.15, 0.2) is 4.96 Å². The largest absolute Gasteiger partial charge is 0.325 e. The topological polar surface area (TPSA) is 63.5 Å². The average Bonchev–Trinajstić information content (AvgIpc) is 3.02. The highest BCUT2D eigenvalue weighted by Crippen LogP contribution is 2.28. The minimum absolute atomic E-state index is 0.000827. The number of nitrogens with one attached hydrogen (secondary N) is 1. The lowest BCUT2D eigenvalue weighted by Gasteiger charge is -2.10. The van der Waals surface area contributed by atoms with Crippen molar-refractivity contribution in [3.8, 4) is 0 Å². The molecule has 7 heteroatoms. The molecule has 1 aromatic carbocycles. The molecule has 1 aliphatic carbocycles. The van der Waals surface area contributed by atoms with E-state index in [4.69, 9.17) is 0 Å². The zero-order chi connectivity index (χ0) is 18.8. The fourth-order valence-electron chi connectivity index (χ4n) is 3.30. The molecule has 0 saturated heterocycles. The number of hydrogen-bond donors (Lipinski definition) is 1. The summed E-state index contributed by atoms with van der Waals surface area (Å²) in [5.41, 5.74) is 3.85. The van der Waals surface area contributed by atoms with Gasteiger partial charge in [0.25, 0.3) is 5.56 Å². The molecule has 140 valence electrons. The van der Waals surface area contributed by atoms with Gasteiger partial charge in [-0.2, -0.15) is 0 Å². The summed E-state index contributed by atoms with van der Waals surface area (Å²) < 4.78 is 1.78. The molecule has 2 heterocycles. The van der Waals surface area contributed by atoms with Gasteiger partial charge in [-0.05, 0) is 44.7 Å². The van der Waals surface area contributed by atoms with Crippen molar-refractivity contribution in [1.82, 2.24) is 9.38 Å². The number of carbonyl (C=O) groups is 1. The quantitative estimate of drug-likeness (QED) is 0.709. The Morgan fingerprint density at radius 3 is 2.85 bits per heavy atom. The molecule has 1 N–H and O–H groups in total. The van der Waals surface area contributed by atoms with Crippen molar-refractivity contribution < 1.29 is 4.79 Å². The van der Waals surface area contributed by atoms with Gasteiger partial charge >= 0.3 is 0 Å². The van der Waals surface area contributed by atoms with E-state index in [-0.39, 0.29) is 11.5 Å². The first-order valence-electron chi connectivity index (χ1n) is 9.07. The Balaban J connectivity index is 1.39. The number of rotatable bonds is 5. The first kappa shape index (κ1) is 18.3. The van der Waals surface area contributed by atoms with E-state index < -0.39 is 0 Å². The van der Waals surface area contributed by atoms with Crippen LogP contribution in [0.2, 0.25) is 0 Å². The Hall–Kier alpha value is -2.12. The SMILES string of the molecule is Cc1ccc(NC(=O)CSCc2cc(=O)n3c4c(sc3n2)CCCC4)cc1. The van der Waals surface area contributed by atoms with Crippen LogP contribution in [0.25, 0.3) is 4.96 Å². The van der Waals surface area contributed by atoms with Crippen LogP contribution in [0.15, 0.2) is 35.1 Å². The van der Waals surface area contributed by atoms with Crippen LogP contribution in [0.1, 0.15) is 34.7 Å². The summed E-state index contributed by atoms with van der Waals surface area (Å²) in [4.78, 5) is 31.4. The molecule has 0 aliphatic heterocycles. The zero-order valence-corrected chi connectivity index (χ0v) is 16.8. The second-order valence-corrected chi connectivity index (χ2v) is 8.84. The van der Waals surface area contributed by atoms with E-state index in [9.17, 15) is 9.59 Å². The fraction of sp³-hybridized carbons (Fsp3) is 0.350. The molecule has 1 aliphatic rings. The number of anilines is 1. The lowest BCUT2D eigenvalue weighted by atomic mass is 10.0. The minimum Gasteiger partial charge on any atom is -0.325 e. The zero-order valence-electron chi connectivity index (χ0n) is 15.2. The molecular formula is C20H21N3O2S2. The van der Waals surface area contributed by atoms with E-state index in [1.54, 1.807) is 21.8 Å². The number of aryl methyl sites for hydroxylation is 3. The van der Waals surface area contributed by atoms with Gasteiger partial charge in [-0.25, -0.2) is 4.98 Å². The summed E-state index contributed by atoms with van der Waals surface area (Å²) in [5.74, 6) is 0.833. The van der Waals surface area contributed by atoms with Gasteiger partial charge < -0.3 is 5.32 Å². The van der Waals surface area contributed by atoms with E-state index in [2.05, 4.69) is 10.3 Å². The Morgan fingerprint density at radius 1 is 1.26 bits per heavy atom. The standard InChI is InChI=1S/C20H21N3O2S2/c1-13-6-8-14(9-7-13)21-18(24)12-26-11-15-10-19(25)23-16-4-2-3-5-17(16)27-20(23)22-15/h6-10H,2-5,11-12H2,1H3,(H,21,24). The van der Waals surface area contributed by atoms with E-state index >= 15 is 0 Å². The van der Waals surface area contributed by atoms with Crippen LogP contribution in [-0.4, -0.2) is 21.0 Å². The van der Waals surface area contributed by atoms with Crippen LogP contribution >= 0.6 is 23.1 Å². The van der Waals surface area contributed by atoms with Gasteiger partial charge in [-0.3, -0.25) is 14.0 Å². The summed E-state index contributed by atoms with van der Waals surface area (Å²) in [6.07, 6.45) is 4.34. The second kappa shape index (κ2) is 7.86. The number of benzene rings is 1. The predicted molar refractivity (Wildman–Crippen MR) is 112 cm³/mol. The third kappa shape index (κ3) is 4.09. The van der Waals surface area contributed by atoms with Crippen LogP contribution in [-0.2, 0) is 23.4 Å². The van der Waals surface area contributed by atoms with Crippen LogP contribution in [0, 0.1) is 6.92 Å². The first-order valence-corrected chi connectivity index (χ1v) is 11.0. The maximum absolute atomic E-state index is 12.5. The van der Waals surface area contributed by atoms with Crippen LogP contribution in [0.4, 0.5) is 5.69 Å². The Kier molecular flexibility index (Phi) is 5.31. The van der Waals surface area contributed by atoms with Gasteiger partial charge in [0.05, 0.1) is 11.4 Å². The van der Waals surface area contributed by atoms with Crippen molar-refractivity contribution in [2.24, 2.45) is 0 Å². The lowest BCUT2D eigenvalue weighted by Crippen LogP contribution is -2.18. The first-order chi connectivity index (χ1) is 13.1. The number of fused-ring (bicyclic) bond motifs is 3. The maximum Gasteiger partial charge on any atom is 0.259 e. The summed E-state index contributed by atoms with van der Waals surface area (Å²) >= 11 is 3.10. The van der Waals surface area contributed by atoms with E-state index in [1.165, 1.54) is 23.1 Å². The normalized spacial score (nSPS) is 13.5. The molecule has 0 bridgehead atoms. The summed E-state index contributed by atoms with van der Waals surface area (Å²) in [6, 6.07) is 9.34. The van der Waals surface area contributed by atoms with E-state index in [0.717, 1.165) is 46.9 Å². The highest BCUT2D eigenvalue weighted by molar-refractivity contribution is 7.99. The molecule has 0 saturated carbocycles. The van der Waals surface area contributed by atoms with Crippen LogP contribution in [0.3, 0.4) is 0 Å². The predicted octanol–water partition coefficient (Wildman–Crippen LogP) is 3.82. The molecule has 5 nitrogen and oxygen atoms in total. The third-order valence-electron chi connectivity index (χ3n) is 4.63. The van der Waals surface area contributed by atoms with Gasteiger partial charge in [-0.15, -0.1) is 23.1 Å².